The van der Waals surface area contributed by atoms with Crippen molar-refractivity contribution >= 4 is 11.8 Å². The van der Waals surface area contributed by atoms with Gasteiger partial charge in [-0.2, -0.15) is 5.10 Å². The molecule has 1 saturated heterocycles. The standard InChI is InChI=1S/C24H27N3O5/c1-29-19-9-8-18(14-20(19)30-2)22-23(21(26-27-22)17-10-12-31-13-11-17)25-24(28)32-15-16-6-4-3-5-7-16/h3-9,14,17H,10-13,15H2,1-2H3,(H,25,28)(H,26,27). The number of benzene rings is 2. The van der Waals surface area contributed by atoms with Gasteiger partial charge in [0.15, 0.2) is 11.5 Å². The maximum Gasteiger partial charge on any atom is 0.412 e. The second kappa shape index (κ2) is 10.2. The number of amides is 1. The fourth-order valence-corrected chi connectivity index (χ4v) is 3.82. The van der Waals surface area contributed by atoms with E-state index in [0.29, 0.717) is 36.1 Å². The van der Waals surface area contributed by atoms with Gasteiger partial charge in [0.05, 0.1) is 25.6 Å². The van der Waals surface area contributed by atoms with Gasteiger partial charge in [-0.25, -0.2) is 4.79 Å². The van der Waals surface area contributed by atoms with E-state index in [2.05, 4.69) is 15.5 Å². The van der Waals surface area contributed by atoms with E-state index in [1.165, 1.54) is 0 Å². The number of carbonyl (C=O) groups is 1. The third-order valence-electron chi connectivity index (χ3n) is 5.52. The molecular weight excluding hydrogens is 410 g/mol. The molecular formula is C24H27N3O5. The van der Waals surface area contributed by atoms with Crippen molar-refractivity contribution in [2.45, 2.75) is 25.4 Å². The summed E-state index contributed by atoms with van der Waals surface area (Å²) in [6.45, 7) is 1.53. The number of rotatable bonds is 7. The Morgan fingerprint density at radius 1 is 1.09 bits per heavy atom. The fraction of sp³-hybridized carbons (Fsp3) is 0.333. The average Bonchev–Trinajstić information content (AvgIpc) is 3.26. The summed E-state index contributed by atoms with van der Waals surface area (Å²) in [7, 11) is 3.17. The average molecular weight is 437 g/mol. The second-order valence-corrected chi connectivity index (χ2v) is 7.50. The Kier molecular flexibility index (Phi) is 6.91. The first-order chi connectivity index (χ1) is 15.7. The molecule has 2 aromatic carbocycles. The first kappa shape index (κ1) is 21.7. The van der Waals surface area contributed by atoms with Crippen LogP contribution in [-0.4, -0.2) is 43.7 Å². The minimum atomic E-state index is -0.537. The van der Waals surface area contributed by atoms with Crippen molar-refractivity contribution in [2.75, 3.05) is 32.8 Å². The Morgan fingerprint density at radius 2 is 1.84 bits per heavy atom. The van der Waals surface area contributed by atoms with Gasteiger partial charge in [-0.15, -0.1) is 0 Å². The van der Waals surface area contributed by atoms with Crippen LogP contribution in [0.15, 0.2) is 48.5 Å². The maximum atomic E-state index is 12.7. The van der Waals surface area contributed by atoms with Gasteiger partial charge in [0, 0.05) is 24.7 Å². The number of aromatic amines is 1. The van der Waals surface area contributed by atoms with Crippen LogP contribution in [-0.2, 0) is 16.1 Å². The van der Waals surface area contributed by atoms with Crippen molar-refractivity contribution < 1.29 is 23.7 Å². The van der Waals surface area contributed by atoms with Crippen LogP contribution in [0.4, 0.5) is 10.5 Å². The van der Waals surface area contributed by atoms with Gasteiger partial charge in [0.1, 0.15) is 12.3 Å². The van der Waals surface area contributed by atoms with Crippen LogP contribution in [0.25, 0.3) is 11.3 Å². The lowest BCUT2D eigenvalue weighted by Crippen LogP contribution is -2.18. The van der Waals surface area contributed by atoms with Gasteiger partial charge in [0.2, 0.25) is 0 Å². The minimum absolute atomic E-state index is 0.183. The van der Waals surface area contributed by atoms with Crippen molar-refractivity contribution in [1.82, 2.24) is 10.2 Å². The van der Waals surface area contributed by atoms with E-state index in [9.17, 15) is 4.79 Å². The molecule has 2 heterocycles. The van der Waals surface area contributed by atoms with E-state index in [1.807, 2.05) is 48.5 Å². The third kappa shape index (κ3) is 4.86. The molecule has 2 N–H and O–H groups in total. The Bertz CT molecular complexity index is 1050. The molecule has 32 heavy (non-hydrogen) atoms. The smallest absolute Gasteiger partial charge is 0.412 e. The number of H-pyrrole nitrogens is 1. The number of methoxy groups -OCH3 is 2. The molecule has 1 aliphatic rings. The molecule has 3 aromatic rings. The van der Waals surface area contributed by atoms with Crippen molar-refractivity contribution in [3.63, 3.8) is 0 Å². The number of ether oxygens (including phenoxy) is 4. The molecule has 0 saturated carbocycles. The predicted molar refractivity (Wildman–Crippen MR) is 120 cm³/mol. The summed E-state index contributed by atoms with van der Waals surface area (Å²) in [5.74, 6) is 1.40. The highest BCUT2D eigenvalue weighted by Gasteiger charge is 2.26. The van der Waals surface area contributed by atoms with Gasteiger partial charge >= 0.3 is 6.09 Å². The Hall–Kier alpha value is -3.52. The summed E-state index contributed by atoms with van der Waals surface area (Å²) in [4.78, 5) is 12.7. The molecule has 4 rings (SSSR count). The molecule has 0 bridgehead atoms. The summed E-state index contributed by atoms with van der Waals surface area (Å²) in [6, 6.07) is 15.1. The van der Waals surface area contributed by atoms with Crippen LogP contribution in [0.5, 0.6) is 11.5 Å². The molecule has 0 spiro atoms. The number of hydrogen-bond donors (Lipinski definition) is 2. The highest BCUT2D eigenvalue weighted by molar-refractivity contribution is 5.92. The van der Waals surface area contributed by atoms with Crippen LogP contribution < -0.4 is 14.8 Å². The molecule has 1 aliphatic heterocycles. The van der Waals surface area contributed by atoms with Crippen LogP contribution in [0.1, 0.15) is 30.0 Å². The van der Waals surface area contributed by atoms with Crippen LogP contribution in [0.3, 0.4) is 0 Å². The van der Waals surface area contributed by atoms with Gasteiger partial charge in [-0.05, 0) is 36.6 Å². The molecule has 8 heteroatoms. The van der Waals surface area contributed by atoms with E-state index in [-0.39, 0.29) is 12.5 Å². The van der Waals surface area contributed by atoms with Crippen molar-refractivity contribution in [2.24, 2.45) is 0 Å². The molecule has 168 valence electrons. The summed E-state index contributed by atoms with van der Waals surface area (Å²) in [6.07, 6.45) is 1.16. The van der Waals surface area contributed by atoms with Crippen LogP contribution >= 0.6 is 0 Å². The van der Waals surface area contributed by atoms with E-state index in [4.69, 9.17) is 18.9 Å². The van der Waals surface area contributed by atoms with Crippen molar-refractivity contribution in [1.29, 1.82) is 0 Å². The first-order valence-electron chi connectivity index (χ1n) is 10.6. The fourth-order valence-electron chi connectivity index (χ4n) is 3.82. The minimum Gasteiger partial charge on any atom is -0.493 e. The first-order valence-corrected chi connectivity index (χ1v) is 10.6. The summed E-state index contributed by atoms with van der Waals surface area (Å²) >= 11 is 0. The number of aromatic nitrogens is 2. The lowest BCUT2D eigenvalue weighted by Gasteiger charge is -2.22. The molecule has 1 amide bonds. The Balaban J connectivity index is 1.62. The van der Waals surface area contributed by atoms with Gasteiger partial charge in [0.25, 0.3) is 0 Å². The van der Waals surface area contributed by atoms with Crippen molar-refractivity contribution in [3.05, 3.63) is 59.8 Å². The number of nitrogens with zero attached hydrogens (tertiary/aromatic N) is 1. The van der Waals surface area contributed by atoms with Crippen LogP contribution in [0.2, 0.25) is 0 Å². The van der Waals surface area contributed by atoms with E-state index in [0.717, 1.165) is 29.7 Å². The SMILES string of the molecule is COc1ccc(-c2n[nH]c(C3CCOCC3)c2NC(=O)OCc2ccccc2)cc1OC. The summed E-state index contributed by atoms with van der Waals surface area (Å²) in [5.41, 5.74) is 3.80. The van der Waals surface area contributed by atoms with E-state index in [1.54, 1.807) is 14.2 Å². The Morgan fingerprint density at radius 3 is 2.56 bits per heavy atom. The lowest BCUT2D eigenvalue weighted by molar-refractivity contribution is 0.0846. The molecule has 0 unspecified atom stereocenters. The monoisotopic (exact) mass is 437 g/mol. The number of hydrogen-bond acceptors (Lipinski definition) is 6. The highest BCUT2D eigenvalue weighted by atomic mass is 16.5. The number of nitrogens with one attached hydrogen (secondary N) is 2. The zero-order valence-electron chi connectivity index (χ0n) is 18.2. The molecule has 1 aromatic heterocycles. The van der Waals surface area contributed by atoms with Crippen molar-refractivity contribution in [3.8, 4) is 22.8 Å². The molecule has 0 atom stereocenters. The molecule has 8 nitrogen and oxygen atoms in total. The van der Waals surface area contributed by atoms with E-state index < -0.39 is 6.09 Å². The summed E-state index contributed by atoms with van der Waals surface area (Å²) in [5, 5.41) is 10.6. The van der Waals surface area contributed by atoms with E-state index >= 15 is 0 Å². The van der Waals surface area contributed by atoms with Crippen LogP contribution in [0, 0.1) is 0 Å². The molecule has 0 aliphatic carbocycles. The number of anilines is 1. The third-order valence-corrected chi connectivity index (χ3v) is 5.52. The largest absolute Gasteiger partial charge is 0.493 e. The second-order valence-electron chi connectivity index (χ2n) is 7.50. The van der Waals surface area contributed by atoms with Gasteiger partial charge in [-0.1, -0.05) is 30.3 Å². The lowest BCUT2D eigenvalue weighted by atomic mass is 9.94. The highest BCUT2D eigenvalue weighted by Crippen LogP contribution is 2.39. The normalized spacial score (nSPS) is 14.1. The number of carbonyl (C=O) groups excluding carboxylic acids is 1. The van der Waals surface area contributed by atoms with Gasteiger partial charge < -0.3 is 18.9 Å². The zero-order chi connectivity index (χ0) is 22.3. The topological polar surface area (TPSA) is 94.7 Å². The Labute approximate surface area is 186 Å². The molecule has 1 fully saturated rings. The predicted octanol–water partition coefficient (Wildman–Crippen LogP) is 4.74. The maximum absolute atomic E-state index is 12.7. The van der Waals surface area contributed by atoms with Gasteiger partial charge in [-0.3, -0.25) is 10.4 Å². The molecule has 0 radical (unpaired) electrons. The quantitative estimate of drug-likeness (QED) is 0.555. The zero-order valence-corrected chi connectivity index (χ0v) is 18.2. The summed E-state index contributed by atoms with van der Waals surface area (Å²) < 4.78 is 21.7.